The number of carbonyl (C=O) groups excluding carboxylic acids is 2. The third kappa shape index (κ3) is 4.73. The molecule has 28 heavy (non-hydrogen) atoms. The predicted octanol–water partition coefficient (Wildman–Crippen LogP) is 5.39. The van der Waals surface area contributed by atoms with E-state index in [4.69, 9.17) is 9.47 Å². The van der Waals surface area contributed by atoms with Gasteiger partial charge in [0.05, 0.1) is 5.56 Å². The van der Waals surface area contributed by atoms with Gasteiger partial charge in [0.25, 0.3) is 0 Å². The predicted molar refractivity (Wildman–Crippen MR) is 110 cm³/mol. The van der Waals surface area contributed by atoms with Gasteiger partial charge in [-0.2, -0.15) is 0 Å². The quantitative estimate of drug-likeness (QED) is 0.651. The van der Waals surface area contributed by atoms with Crippen LogP contribution in [0.3, 0.4) is 0 Å². The van der Waals surface area contributed by atoms with Crippen LogP contribution >= 0.6 is 0 Å². The molecule has 0 radical (unpaired) electrons. The molecule has 1 aliphatic carbocycles. The number of carbonyl (C=O) groups is 2. The van der Waals surface area contributed by atoms with E-state index in [2.05, 4.69) is 20.8 Å². The first-order valence-corrected chi connectivity index (χ1v) is 10.3. The molecule has 2 aromatic rings. The van der Waals surface area contributed by atoms with Gasteiger partial charge in [0, 0.05) is 0 Å². The number of esters is 2. The first kappa shape index (κ1) is 20.4. The molecular weight excluding hydrogens is 352 g/mol. The summed E-state index contributed by atoms with van der Waals surface area (Å²) in [6.07, 6.45) is 2.09. The van der Waals surface area contributed by atoms with Crippen molar-refractivity contribution in [2.45, 2.75) is 59.2 Å². The van der Waals surface area contributed by atoms with E-state index >= 15 is 0 Å². The van der Waals surface area contributed by atoms with Crippen LogP contribution in [0.5, 0.6) is 0 Å². The molecule has 0 heterocycles. The summed E-state index contributed by atoms with van der Waals surface area (Å²) in [6.45, 7) is 8.12. The fraction of sp³-hybridized carbons (Fsp3) is 0.500. The third-order valence-electron chi connectivity index (χ3n) is 5.83. The van der Waals surface area contributed by atoms with Crippen molar-refractivity contribution in [1.29, 1.82) is 0 Å². The van der Waals surface area contributed by atoms with Crippen LogP contribution in [0.4, 0.5) is 0 Å². The second-order valence-corrected chi connectivity index (χ2v) is 8.41. The van der Waals surface area contributed by atoms with Gasteiger partial charge >= 0.3 is 11.9 Å². The minimum absolute atomic E-state index is 0.0990. The molecule has 4 nitrogen and oxygen atoms in total. The Hall–Kier alpha value is -2.36. The summed E-state index contributed by atoms with van der Waals surface area (Å²) < 4.78 is 11.2. The van der Waals surface area contributed by atoms with Crippen molar-refractivity contribution in [2.75, 3.05) is 0 Å². The summed E-state index contributed by atoms with van der Waals surface area (Å²) in [6, 6.07) is 13.2. The van der Waals surface area contributed by atoms with Crippen LogP contribution in [0.2, 0.25) is 0 Å². The summed E-state index contributed by atoms with van der Waals surface area (Å²) in [7, 11) is 0. The fourth-order valence-corrected chi connectivity index (χ4v) is 4.09. The highest BCUT2D eigenvalue weighted by molar-refractivity contribution is 5.96. The maximum absolute atomic E-state index is 12.6. The Morgan fingerprint density at radius 2 is 1.71 bits per heavy atom. The van der Waals surface area contributed by atoms with Gasteiger partial charge in [0.15, 0.2) is 6.10 Å². The van der Waals surface area contributed by atoms with Crippen LogP contribution in [0.25, 0.3) is 10.8 Å². The molecular formula is C24H30O4. The van der Waals surface area contributed by atoms with Gasteiger partial charge in [-0.05, 0) is 60.4 Å². The minimum atomic E-state index is -0.927. The maximum atomic E-state index is 12.6. The number of hydrogen-bond donors (Lipinski definition) is 0. The zero-order valence-electron chi connectivity index (χ0n) is 17.2. The van der Waals surface area contributed by atoms with E-state index in [-0.39, 0.29) is 6.10 Å². The molecule has 0 spiro atoms. The first-order valence-electron chi connectivity index (χ1n) is 10.3. The van der Waals surface area contributed by atoms with Crippen molar-refractivity contribution in [1.82, 2.24) is 0 Å². The van der Waals surface area contributed by atoms with E-state index in [0.717, 1.165) is 23.6 Å². The van der Waals surface area contributed by atoms with Crippen molar-refractivity contribution in [3.05, 3.63) is 48.0 Å². The summed E-state index contributed by atoms with van der Waals surface area (Å²) in [5, 5.41) is 2.01. The molecule has 0 saturated heterocycles. The Morgan fingerprint density at radius 1 is 1.00 bits per heavy atom. The molecule has 3 rings (SSSR count). The van der Waals surface area contributed by atoms with E-state index in [1.54, 1.807) is 19.1 Å². The lowest BCUT2D eigenvalue weighted by molar-refractivity contribution is -0.165. The molecule has 1 saturated carbocycles. The van der Waals surface area contributed by atoms with Crippen molar-refractivity contribution < 1.29 is 19.1 Å². The Morgan fingerprint density at radius 3 is 2.43 bits per heavy atom. The van der Waals surface area contributed by atoms with Crippen LogP contribution < -0.4 is 0 Å². The molecule has 1 fully saturated rings. The highest BCUT2D eigenvalue weighted by Crippen LogP contribution is 2.35. The molecule has 4 heteroatoms. The lowest BCUT2D eigenvalue weighted by Crippen LogP contribution is -2.38. The lowest BCUT2D eigenvalue weighted by atomic mass is 9.75. The average Bonchev–Trinajstić information content (AvgIpc) is 2.67. The van der Waals surface area contributed by atoms with Crippen LogP contribution in [0.1, 0.15) is 57.3 Å². The van der Waals surface area contributed by atoms with E-state index in [1.807, 2.05) is 30.3 Å². The Kier molecular flexibility index (Phi) is 6.38. The van der Waals surface area contributed by atoms with Gasteiger partial charge in [-0.1, -0.05) is 57.5 Å². The average molecular weight is 383 g/mol. The summed E-state index contributed by atoms with van der Waals surface area (Å²) in [5.41, 5.74) is 0.435. The zero-order chi connectivity index (χ0) is 20.3. The largest absolute Gasteiger partial charge is 0.459 e. The number of rotatable bonds is 5. The molecule has 0 amide bonds. The van der Waals surface area contributed by atoms with E-state index < -0.39 is 18.0 Å². The van der Waals surface area contributed by atoms with Crippen molar-refractivity contribution in [2.24, 2.45) is 17.8 Å². The fourth-order valence-electron chi connectivity index (χ4n) is 4.09. The van der Waals surface area contributed by atoms with E-state index in [9.17, 15) is 9.59 Å². The molecule has 0 bridgehead atoms. The van der Waals surface area contributed by atoms with Crippen LogP contribution in [-0.2, 0) is 14.3 Å². The Balaban J connectivity index is 1.63. The molecule has 0 unspecified atom stereocenters. The van der Waals surface area contributed by atoms with Crippen LogP contribution in [0.15, 0.2) is 42.5 Å². The van der Waals surface area contributed by atoms with Gasteiger partial charge in [-0.25, -0.2) is 9.59 Å². The molecule has 2 aromatic carbocycles. The third-order valence-corrected chi connectivity index (χ3v) is 5.83. The van der Waals surface area contributed by atoms with Crippen molar-refractivity contribution in [3.63, 3.8) is 0 Å². The summed E-state index contributed by atoms with van der Waals surface area (Å²) >= 11 is 0. The number of ether oxygens (including phenoxy) is 2. The normalized spacial score (nSPS) is 23.4. The standard InChI is InChI=1S/C24H30O4/c1-15(2)21-12-9-16(3)13-22(21)28-23(25)17(4)27-24(26)20-11-10-18-7-5-6-8-19(18)14-20/h5-8,10-11,14-17,21-22H,9,12-13H2,1-4H3/t16-,17+,21+,22-/m1/s1. The van der Waals surface area contributed by atoms with E-state index in [1.165, 1.54) is 6.42 Å². The summed E-state index contributed by atoms with van der Waals surface area (Å²) in [4.78, 5) is 25.1. The highest BCUT2D eigenvalue weighted by Gasteiger charge is 2.35. The van der Waals surface area contributed by atoms with Crippen molar-refractivity contribution >= 4 is 22.7 Å². The molecule has 0 aromatic heterocycles. The van der Waals surface area contributed by atoms with Gasteiger partial charge in [-0.15, -0.1) is 0 Å². The first-order chi connectivity index (χ1) is 13.3. The lowest BCUT2D eigenvalue weighted by Gasteiger charge is -2.37. The minimum Gasteiger partial charge on any atom is -0.459 e. The van der Waals surface area contributed by atoms with Crippen LogP contribution in [0, 0.1) is 17.8 Å². The number of benzene rings is 2. The van der Waals surface area contributed by atoms with Gasteiger partial charge in [0.2, 0.25) is 0 Å². The molecule has 1 aliphatic rings. The van der Waals surface area contributed by atoms with Gasteiger partial charge < -0.3 is 9.47 Å². The number of hydrogen-bond acceptors (Lipinski definition) is 4. The van der Waals surface area contributed by atoms with Gasteiger partial charge in [0.1, 0.15) is 6.10 Å². The monoisotopic (exact) mass is 382 g/mol. The molecule has 0 N–H and O–H groups in total. The highest BCUT2D eigenvalue weighted by atomic mass is 16.6. The second-order valence-electron chi connectivity index (χ2n) is 8.41. The Labute approximate surface area is 167 Å². The number of fused-ring (bicyclic) bond motifs is 1. The van der Waals surface area contributed by atoms with Gasteiger partial charge in [-0.3, -0.25) is 0 Å². The molecule has 4 atom stereocenters. The molecule has 150 valence electrons. The SMILES string of the molecule is CC(C)[C@@H]1CC[C@@H](C)C[C@H]1OC(=O)[C@H](C)OC(=O)c1ccc2ccccc2c1. The van der Waals surface area contributed by atoms with Crippen molar-refractivity contribution in [3.8, 4) is 0 Å². The summed E-state index contributed by atoms with van der Waals surface area (Å²) in [5.74, 6) is 0.402. The second kappa shape index (κ2) is 8.76. The topological polar surface area (TPSA) is 52.6 Å². The van der Waals surface area contributed by atoms with E-state index in [0.29, 0.717) is 23.3 Å². The zero-order valence-corrected chi connectivity index (χ0v) is 17.2. The Bertz CT molecular complexity index is 841. The smallest absolute Gasteiger partial charge is 0.347 e. The van der Waals surface area contributed by atoms with Crippen LogP contribution in [-0.4, -0.2) is 24.1 Å². The molecule has 0 aliphatic heterocycles. The maximum Gasteiger partial charge on any atom is 0.347 e.